The van der Waals surface area contributed by atoms with E-state index in [9.17, 15) is 0 Å². The Morgan fingerprint density at radius 1 is 1.29 bits per heavy atom. The molecule has 1 nitrogen and oxygen atoms in total. The van der Waals surface area contributed by atoms with Gasteiger partial charge in [0, 0.05) is 11.6 Å². The second kappa shape index (κ2) is 6.67. The van der Waals surface area contributed by atoms with Gasteiger partial charge in [-0.2, -0.15) is 11.8 Å². The molecule has 0 spiro atoms. The molecule has 0 radical (unpaired) electrons. The summed E-state index contributed by atoms with van der Waals surface area (Å²) in [6, 6.07) is 6.43. The van der Waals surface area contributed by atoms with E-state index in [1.165, 1.54) is 35.5 Å². The molecule has 0 saturated carbocycles. The van der Waals surface area contributed by atoms with Crippen LogP contribution in [0.3, 0.4) is 0 Å². The zero-order valence-electron chi connectivity index (χ0n) is 9.99. The van der Waals surface area contributed by atoms with Gasteiger partial charge in [0.25, 0.3) is 0 Å². The molecule has 1 heterocycles. The Morgan fingerprint density at radius 2 is 2.06 bits per heavy atom. The van der Waals surface area contributed by atoms with Gasteiger partial charge in [0.1, 0.15) is 0 Å². The minimum Gasteiger partial charge on any atom is -0.396 e. The highest BCUT2D eigenvalue weighted by Crippen LogP contribution is 2.35. The minimum absolute atomic E-state index is 0.249. The number of benzene rings is 1. The van der Waals surface area contributed by atoms with Crippen LogP contribution < -0.4 is 0 Å². The highest BCUT2D eigenvalue weighted by atomic mass is 35.5. The van der Waals surface area contributed by atoms with E-state index in [4.69, 9.17) is 16.7 Å². The molecule has 1 aliphatic rings. The summed E-state index contributed by atoms with van der Waals surface area (Å²) in [7, 11) is 0. The Morgan fingerprint density at radius 3 is 2.71 bits per heavy atom. The van der Waals surface area contributed by atoms with Crippen molar-refractivity contribution in [3.05, 3.63) is 34.3 Å². The lowest BCUT2D eigenvalue weighted by Gasteiger charge is -2.23. The van der Waals surface area contributed by atoms with Gasteiger partial charge in [-0.05, 0) is 60.3 Å². The lowest BCUT2D eigenvalue weighted by atomic mass is 9.92. The molecule has 1 aromatic carbocycles. The number of thioether (sulfide) groups is 1. The van der Waals surface area contributed by atoms with E-state index in [0.29, 0.717) is 5.92 Å². The van der Waals surface area contributed by atoms with Crippen LogP contribution in [0.25, 0.3) is 0 Å². The topological polar surface area (TPSA) is 20.2 Å². The lowest BCUT2D eigenvalue weighted by Crippen LogP contribution is -2.08. The van der Waals surface area contributed by atoms with E-state index >= 15 is 0 Å². The number of halogens is 1. The number of aliphatic hydroxyl groups excluding tert-OH is 1. The number of aliphatic hydroxyl groups is 1. The number of rotatable bonds is 4. The zero-order chi connectivity index (χ0) is 12.1. The molecule has 17 heavy (non-hydrogen) atoms. The van der Waals surface area contributed by atoms with Crippen molar-refractivity contribution in [2.45, 2.75) is 31.6 Å². The maximum Gasteiger partial charge on any atom is 0.0443 e. The van der Waals surface area contributed by atoms with Crippen molar-refractivity contribution in [3.63, 3.8) is 0 Å². The quantitative estimate of drug-likeness (QED) is 0.896. The van der Waals surface area contributed by atoms with Crippen LogP contribution in [-0.2, 0) is 6.42 Å². The molecule has 0 atom stereocenters. The van der Waals surface area contributed by atoms with E-state index < -0.39 is 0 Å². The molecule has 0 aliphatic carbocycles. The van der Waals surface area contributed by atoms with Crippen molar-refractivity contribution < 1.29 is 5.11 Å². The highest BCUT2D eigenvalue weighted by molar-refractivity contribution is 7.99. The van der Waals surface area contributed by atoms with Crippen LogP contribution in [-0.4, -0.2) is 23.2 Å². The molecular formula is C14H19ClOS. The van der Waals surface area contributed by atoms with Gasteiger partial charge in [-0.1, -0.05) is 23.7 Å². The van der Waals surface area contributed by atoms with Gasteiger partial charge < -0.3 is 5.11 Å². The van der Waals surface area contributed by atoms with E-state index in [-0.39, 0.29) is 6.61 Å². The van der Waals surface area contributed by atoms with Gasteiger partial charge in [0.2, 0.25) is 0 Å². The molecule has 0 amide bonds. The standard InChI is InChI=1S/C14H19ClOS/c15-14-10-11(2-1-7-16)3-4-13(14)12-5-8-17-9-6-12/h3-4,10,12,16H,1-2,5-9H2. The second-order valence-corrected chi connectivity index (χ2v) is 6.20. The Labute approximate surface area is 113 Å². The van der Waals surface area contributed by atoms with Crippen molar-refractivity contribution in [1.82, 2.24) is 0 Å². The summed E-state index contributed by atoms with van der Waals surface area (Å²) in [4.78, 5) is 0. The van der Waals surface area contributed by atoms with Crippen molar-refractivity contribution >= 4 is 23.4 Å². The largest absolute Gasteiger partial charge is 0.396 e. The van der Waals surface area contributed by atoms with Crippen LogP contribution in [0.4, 0.5) is 0 Å². The maximum absolute atomic E-state index is 8.82. The van der Waals surface area contributed by atoms with Gasteiger partial charge in [-0.15, -0.1) is 0 Å². The average molecular weight is 271 g/mol. The molecule has 0 aromatic heterocycles. The first-order chi connectivity index (χ1) is 8.31. The van der Waals surface area contributed by atoms with Crippen LogP contribution >= 0.6 is 23.4 Å². The van der Waals surface area contributed by atoms with Crippen LogP contribution in [0.15, 0.2) is 18.2 Å². The van der Waals surface area contributed by atoms with Crippen LogP contribution in [0.5, 0.6) is 0 Å². The normalized spacial score (nSPS) is 17.3. The van der Waals surface area contributed by atoms with Gasteiger partial charge in [-0.3, -0.25) is 0 Å². The summed E-state index contributed by atoms with van der Waals surface area (Å²) in [6.45, 7) is 0.249. The molecule has 94 valence electrons. The summed E-state index contributed by atoms with van der Waals surface area (Å²) in [5, 5.41) is 9.73. The molecule has 0 unspecified atom stereocenters. The van der Waals surface area contributed by atoms with Crippen LogP contribution in [0, 0.1) is 0 Å². The fourth-order valence-corrected chi connectivity index (χ4v) is 3.81. The fourth-order valence-electron chi connectivity index (χ4n) is 2.35. The van der Waals surface area contributed by atoms with E-state index in [0.717, 1.165) is 17.9 Å². The smallest absolute Gasteiger partial charge is 0.0443 e. The van der Waals surface area contributed by atoms with Gasteiger partial charge in [0.15, 0.2) is 0 Å². The summed E-state index contributed by atoms with van der Waals surface area (Å²) >= 11 is 8.41. The third-order valence-corrected chi connectivity index (χ3v) is 4.73. The number of hydrogen-bond donors (Lipinski definition) is 1. The first kappa shape index (κ1) is 13.3. The SMILES string of the molecule is OCCCc1ccc(C2CCSCC2)c(Cl)c1. The van der Waals surface area contributed by atoms with E-state index in [2.05, 4.69) is 18.2 Å². The summed E-state index contributed by atoms with van der Waals surface area (Å²) < 4.78 is 0. The van der Waals surface area contributed by atoms with Crippen molar-refractivity contribution in [1.29, 1.82) is 0 Å². The summed E-state index contributed by atoms with van der Waals surface area (Å²) in [5.41, 5.74) is 2.55. The molecular weight excluding hydrogens is 252 g/mol. The van der Waals surface area contributed by atoms with E-state index in [1.54, 1.807) is 0 Å². The molecule has 1 fully saturated rings. The predicted molar refractivity (Wildman–Crippen MR) is 76.2 cm³/mol. The molecule has 1 aliphatic heterocycles. The number of hydrogen-bond acceptors (Lipinski definition) is 2. The van der Waals surface area contributed by atoms with Crippen molar-refractivity contribution in [2.24, 2.45) is 0 Å². The van der Waals surface area contributed by atoms with Gasteiger partial charge >= 0.3 is 0 Å². The van der Waals surface area contributed by atoms with Gasteiger partial charge in [0.05, 0.1) is 0 Å². The second-order valence-electron chi connectivity index (χ2n) is 4.57. The third-order valence-electron chi connectivity index (χ3n) is 3.35. The lowest BCUT2D eigenvalue weighted by molar-refractivity contribution is 0.288. The Balaban J connectivity index is 2.07. The molecule has 0 bridgehead atoms. The molecule has 3 heteroatoms. The summed E-state index contributed by atoms with van der Waals surface area (Å²) in [5.74, 6) is 3.16. The van der Waals surface area contributed by atoms with E-state index in [1.807, 2.05) is 11.8 Å². The molecule has 1 saturated heterocycles. The monoisotopic (exact) mass is 270 g/mol. The third kappa shape index (κ3) is 3.64. The van der Waals surface area contributed by atoms with Crippen LogP contribution in [0.1, 0.15) is 36.3 Å². The maximum atomic E-state index is 8.82. The highest BCUT2D eigenvalue weighted by Gasteiger charge is 2.18. The Hall–Kier alpha value is -0.180. The Kier molecular flexibility index (Phi) is 5.20. The zero-order valence-corrected chi connectivity index (χ0v) is 11.6. The number of aryl methyl sites for hydroxylation is 1. The molecule has 2 rings (SSSR count). The summed E-state index contributed by atoms with van der Waals surface area (Å²) in [6.07, 6.45) is 4.23. The van der Waals surface area contributed by atoms with Crippen molar-refractivity contribution in [3.8, 4) is 0 Å². The molecule has 1 aromatic rings. The fraction of sp³-hybridized carbons (Fsp3) is 0.571. The average Bonchev–Trinajstić information content (AvgIpc) is 2.37. The predicted octanol–water partition coefficient (Wildman–Crippen LogP) is 3.88. The van der Waals surface area contributed by atoms with Crippen LogP contribution in [0.2, 0.25) is 5.02 Å². The first-order valence-electron chi connectivity index (χ1n) is 6.28. The Bertz CT molecular complexity index is 361. The molecule has 1 N–H and O–H groups in total. The minimum atomic E-state index is 0.249. The van der Waals surface area contributed by atoms with Crippen molar-refractivity contribution in [2.75, 3.05) is 18.1 Å². The van der Waals surface area contributed by atoms with Gasteiger partial charge in [-0.25, -0.2) is 0 Å². The first-order valence-corrected chi connectivity index (χ1v) is 7.81.